The summed E-state index contributed by atoms with van der Waals surface area (Å²) in [4.78, 5) is 4.04. The van der Waals surface area contributed by atoms with Crippen LogP contribution in [0.2, 0.25) is 0 Å². The van der Waals surface area contributed by atoms with Gasteiger partial charge >= 0.3 is 0 Å². The van der Waals surface area contributed by atoms with E-state index in [-0.39, 0.29) is 5.41 Å². The summed E-state index contributed by atoms with van der Waals surface area (Å²) in [6, 6.07) is 10.9. The van der Waals surface area contributed by atoms with Crippen LogP contribution in [0.5, 0.6) is 0 Å². The van der Waals surface area contributed by atoms with Crippen LogP contribution >= 0.6 is 0 Å². The highest BCUT2D eigenvalue weighted by atomic mass is 16.5. The van der Waals surface area contributed by atoms with Crippen molar-refractivity contribution in [2.24, 2.45) is 5.41 Å². The molecule has 0 saturated carbocycles. The Bertz CT molecular complexity index is 488. The Morgan fingerprint density at radius 3 is 2.55 bits per heavy atom. The molecule has 4 heteroatoms. The van der Waals surface area contributed by atoms with Crippen molar-refractivity contribution in [3.63, 3.8) is 0 Å². The molecule has 0 bridgehead atoms. The maximum Gasteiger partial charge on any atom is 0.213 e. The second-order valence-corrected chi connectivity index (χ2v) is 6.28. The van der Waals surface area contributed by atoms with Gasteiger partial charge in [0.25, 0.3) is 0 Å². The molecule has 1 atom stereocenters. The van der Waals surface area contributed by atoms with E-state index in [4.69, 9.17) is 4.52 Å². The molecule has 0 amide bonds. The van der Waals surface area contributed by atoms with E-state index in [0.717, 1.165) is 25.2 Å². The lowest BCUT2D eigenvalue weighted by Crippen LogP contribution is -2.27. The molecule has 108 valence electrons. The van der Waals surface area contributed by atoms with Crippen molar-refractivity contribution in [1.82, 2.24) is 15.5 Å². The Hall–Kier alpha value is -1.68. The van der Waals surface area contributed by atoms with Gasteiger partial charge in [0.1, 0.15) is 0 Å². The van der Waals surface area contributed by atoms with Crippen LogP contribution in [-0.4, -0.2) is 16.7 Å². The summed E-state index contributed by atoms with van der Waals surface area (Å²) in [6.07, 6.45) is 3.24. The van der Waals surface area contributed by atoms with Crippen molar-refractivity contribution in [2.75, 3.05) is 6.54 Å². The van der Waals surface area contributed by atoms with E-state index in [1.165, 1.54) is 12.0 Å². The third kappa shape index (κ3) is 4.78. The molecule has 0 aliphatic rings. The van der Waals surface area contributed by atoms with Crippen molar-refractivity contribution in [3.8, 4) is 0 Å². The van der Waals surface area contributed by atoms with Gasteiger partial charge in [-0.15, -0.1) is 0 Å². The van der Waals surface area contributed by atoms with Crippen LogP contribution in [0.4, 0.5) is 0 Å². The molecule has 2 rings (SSSR count). The zero-order valence-corrected chi connectivity index (χ0v) is 12.5. The summed E-state index contributed by atoms with van der Waals surface area (Å²) in [5.41, 5.74) is 1.61. The lowest BCUT2D eigenvalue weighted by atomic mass is 9.85. The van der Waals surface area contributed by atoms with Gasteiger partial charge in [0.05, 0.1) is 0 Å². The maximum absolute atomic E-state index is 4.75. The third-order valence-electron chi connectivity index (χ3n) is 3.16. The topological polar surface area (TPSA) is 51.0 Å². The minimum atomic E-state index is 0.277. The van der Waals surface area contributed by atoms with Gasteiger partial charge in [-0.25, -0.2) is 0 Å². The molecule has 1 unspecified atom stereocenters. The first kappa shape index (κ1) is 14.7. The molecule has 1 aromatic heterocycles. The maximum atomic E-state index is 4.75. The molecule has 0 aliphatic heterocycles. The average molecular weight is 273 g/mol. The molecular formula is C16H23N3O. The molecule has 0 aliphatic carbocycles. The standard InChI is InChI=1S/C16H23N3O/c1-16(2,3)11-14(13-7-5-4-6-8-13)17-10-9-15-18-12-20-19-15/h4-8,12,14,17H,9-11H2,1-3H3. The fourth-order valence-corrected chi connectivity index (χ4v) is 2.27. The van der Waals surface area contributed by atoms with Gasteiger partial charge in [-0.3, -0.25) is 0 Å². The highest BCUT2D eigenvalue weighted by Crippen LogP contribution is 2.29. The van der Waals surface area contributed by atoms with E-state index in [0.29, 0.717) is 6.04 Å². The summed E-state index contributed by atoms with van der Waals surface area (Å²) in [5, 5.41) is 7.44. The minimum absolute atomic E-state index is 0.277. The van der Waals surface area contributed by atoms with Crippen molar-refractivity contribution in [1.29, 1.82) is 0 Å². The van der Waals surface area contributed by atoms with E-state index >= 15 is 0 Å². The summed E-state index contributed by atoms with van der Waals surface area (Å²) < 4.78 is 4.75. The highest BCUT2D eigenvalue weighted by molar-refractivity contribution is 5.19. The van der Waals surface area contributed by atoms with E-state index in [1.807, 2.05) is 0 Å². The predicted molar refractivity (Wildman–Crippen MR) is 79.3 cm³/mol. The van der Waals surface area contributed by atoms with Crippen molar-refractivity contribution in [3.05, 3.63) is 48.1 Å². The molecule has 20 heavy (non-hydrogen) atoms. The molecular weight excluding hydrogens is 250 g/mol. The number of nitrogens with one attached hydrogen (secondary N) is 1. The van der Waals surface area contributed by atoms with Crippen molar-refractivity contribution in [2.45, 2.75) is 39.7 Å². The van der Waals surface area contributed by atoms with Gasteiger partial charge in [0, 0.05) is 19.0 Å². The first-order chi connectivity index (χ1) is 9.54. The van der Waals surface area contributed by atoms with E-state index < -0.39 is 0 Å². The van der Waals surface area contributed by atoms with Gasteiger partial charge < -0.3 is 9.84 Å². The third-order valence-corrected chi connectivity index (χ3v) is 3.16. The molecule has 0 saturated heterocycles. The van der Waals surface area contributed by atoms with Crippen LogP contribution in [0.1, 0.15) is 44.6 Å². The van der Waals surface area contributed by atoms with Crippen LogP contribution in [0, 0.1) is 5.41 Å². The van der Waals surface area contributed by atoms with Crippen LogP contribution in [0.3, 0.4) is 0 Å². The van der Waals surface area contributed by atoms with Gasteiger partial charge in [-0.05, 0) is 17.4 Å². The number of benzene rings is 1. The zero-order chi connectivity index (χ0) is 14.4. The van der Waals surface area contributed by atoms with Crippen LogP contribution in [0.15, 0.2) is 41.2 Å². The molecule has 1 N–H and O–H groups in total. The van der Waals surface area contributed by atoms with Crippen LogP contribution in [0.25, 0.3) is 0 Å². The second kappa shape index (κ2) is 6.66. The minimum Gasteiger partial charge on any atom is -0.343 e. The zero-order valence-electron chi connectivity index (χ0n) is 12.5. The SMILES string of the molecule is CC(C)(C)CC(NCCc1ncon1)c1ccccc1. The lowest BCUT2D eigenvalue weighted by Gasteiger charge is -2.27. The van der Waals surface area contributed by atoms with E-state index in [2.05, 4.69) is 66.6 Å². The summed E-state index contributed by atoms with van der Waals surface area (Å²) in [6.45, 7) is 7.65. The number of hydrogen-bond donors (Lipinski definition) is 1. The first-order valence-electron chi connectivity index (χ1n) is 7.08. The largest absolute Gasteiger partial charge is 0.343 e. The molecule has 1 aromatic carbocycles. The monoisotopic (exact) mass is 273 g/mol. The quantitative estimate of drug-likeness (QED) is 0.876. The average Bonchev–Trinajstić information content (AvgIpc) is 2.90. The number of nitrogens with zero attached hydrogens (tertiary/aromatic N) is 2. The Labute approximate surface area is 120 Å². The fourth-order valence-electron chi connectivity index (χ4n) is 2.27. The number of rotatable bonds is 6. The van der Waals surface area contributed by atoms with Gasteiger partial charge in [-0.2, -0.15) is 4.98 Å². The van der Waals surface area contributed by atoms with Gasteiger partial charge in [0.2, 0.25) is 6.39 Å². The number of aromatic nitrogens is 2. The van der Waals surface area contributed by atoms with Crippen molar-refractivity contribution < 1.29 is 4.52 Å². The summed E-state index contributed by atoms with van der Waals surface area (Å²) in [7, 11) is 0. The summed E-state index contributed by atoms with van der Waals surface area (Å²) >= 11 is 0. The van der Waals surface area contributed by atoms with Crippen LogP contribution in [-0.2, 0) is 6.42 Å². The molecule has 4 nitrogen and oxygen atoms in total. The summed E-state index contributed by atoms with van der Waals surface area (Å²) in [5.74, 6) is 0.750. The van der Waals surface area contributed by atoms with E-state index in [9.17, 15) is 0 Å². The van der Waals surface area contributed by atoms with Gasteiger partial charge in [0.15, 0.2) is 5.82 Å². The lowest BCUT2D eigenvalue weighted by molar-refractivity contribution is 0.311. The molecule has 0 spiro atoms. The predicted octanol–water partition coefficient (Wildman–Crippen LogP) is 3.38. The van der Waals surface area contributed by atoms with E-state index in [1.54, 1.807) is 0 Å². The Balaban J connectivity index is 1.96. The van der Waals surface area contributed by atoms with Crippen molar-refractivity contribution >= 4 is 0 Å². The fraction of sp³-hybridized carbons (Fsp3) is 0.500. The van der Waals surface area contributed by atoms with Gasteiger partial charge in [-0.1, -0.05) is 56.3 Å². The Morgan fingerprint density at radius 1 is 1.20 bits per heavy atom. The highest BCUT2D eigenvalue weighted by Gasteiger charge is 2.19. The molecule has 0 fully saturated rings. The second-order valence-electron chi connectivity index (χ2n) is 6.28. The number of hydrogen-bond acceptors (Lipinski definition) is 4. The Kier molecular flexibility index (Phi) is 4.90. The molecule has 0 radical (unpaired) electrons. The normalized spacial score (nSPS) is 13.3. The Morgan fingerprint density at radius 2 is 1.95 bits per heavy atom. The first-order valence-corrected chi connectivity index (χ1v) is 7.08. The van der Waals surface area contributed by atoms with Crippen LogP contribution < -0.4 is 5.32 Å². The smallest absolute Gasteiger partial charge is 0.213 e. The molecule has 2 aromatic rings. The molecule has 1 heterocycles.